The quantitative estimate of drug-likeness (QED) is 0.449. The molecule has 0 saturated heterocycles. The lowest BCUT2D eigenvalue weighted by atomic mass is 9.48. The Balaban J connectivity index is 1.35. The van der Waals surface area contributed by atoms with Crippen LogP contribution < -0.4 is 5.56 Å². The zero-order valence-corrected chi connectivity index (χ0v) is 18.8. The van der Waals surface area contributed by atoms with E-state index < -0.39 is 5.97 Å². The molecule has 0 N–H and O–H groups in total. The first-order chi connectivity index (χ1) is 15.5. The van der Waals surface area contributed by atoms with E-state index in [9.17, 15) is 14.4 Å². The molecule has 6 rings (SSSR count). The maximum Gasteiger partial charge on any atom is 0.359 e. The van der Waals surface area contributed by atoms with E-state index in [0.717, 1.165) is 38.5 Å². The molecule has 0 unspecified atom stereocenters. The fourth-order valence-corrected chi connectivity index (χ4v) is 6.85. The van der Waals surface area contributed by atoms with Crippen LogP contribution in [0.4, 0.5) is 0 Å². The standard InChI is InChI=1S/C26H32N2O4/c1-2-3-6-9-28-24(30)21-8-5-4-7-20(21)23(27-28)25(31)32-16-22(29)26-13-17-10-18(14-26)12-19(11-17)15-26/h4-5,7-8,17-19H,2-3,6,9-16H2,1H3. The Morgan fingerprint density at radius 2 is 1.66 bits per heavy atom. The number of ketones is 1. The summed E-state index contributed by atoms with van der Waals surface area (Å²) in [5.41, 5.74) is -0.364. The second-order valence-corrected chi connectivity index (χ2v) is 10.3. The maximum atomic E-state index is 13.2. The summed E-state index contributed by atoms with van der Waals surface area (Å²) < 4.78 is 6.91. The van der Waals surface area contributed by atoms with Crippen LogP contribution in [0.25, 0.3) is 10.8 Å². The number of benzene rings is 1. The van der Waals surface area contributed by atoms with Gasteiger partial charge in [0.1, 0.15) is 0 Å². The first-order valence-corrected chi connectivity index (χ1v) is 12.2. The molecule has 4 fully saturated rings. The number of unbranched alkanes of at least 4 members (excludes halogenated alkanes) is 2. The number of aromatic nitrogens is 2. The van der Waals surface area contributed by atoms with Gasteiger partial charge in [-0.1, -0.05) is 38.0 Å². The second-order valence-electron chi connectivity index (χ2n) is 10.3. The molecule has 2 aromatic rings. The van der Waals surface area contributed by atoms with E-state index in [1.165, 1.54) is 23.9 Å². The SMILES string of the molecule is CCCCCn1nc(C(=O)OCC(=O)C23CC4CC(CC(C4)C2)C3)c2ccccc2c1=O. The molecule has 0 amide bonds. The van der Waals surface area contributed by atoms with E-state index in [-0.39, 0.29) is 29.1 Å². The number of fused-ring (bicyclic) bond motifs is 1. The average molecular weight is 437 g/mol. The number of carbonyl (C=O) groups excluding carboxylic acids is 2. The van der Waals surface area contributed by atoms with Gasteiger partial charge >= 0.3 is 5.97 Å². The number of carbonyl (C=O) groups is 2. The fourth-order valence-electron chi connectivity index (χ4n) is 6.85. The molecule has 0 spiro atoms. The Labute approximate surface area is 188 Å². The van der Waals surface area contributed by atoms with Crippen molar-refractivity contribution in [3.63, 3.8) is 0 Å². The van der Waals surface area contributed by atoms with Crippen LogP contribution in [0.15, 0.2) is 29.1 Å². The van der Waals surface area contributed by atoms with Crippen LogP contribution in [0, 0.1) is 23.2 Å². The second kappa shape index (κ2) is 8.45. The van der Waals surface area contributed by atoms with Crippen molar-refractivity contribution < 1.29 is 14.3 Å². The third-order valence-corrected chi connectivity index (χ3v) is 8.00. The number of hydrogen-bond donors (Lipinski definition) is 0. The van der Waals surface area contributed by atoms with Crippen LogP contribution in [-0.2, 0) is 16.1 Å². The van der Waals surface area contributed by atoms with Gasteiger partial charge in [0.15, 0.2) is 18.1 Å². The average Bonchev–Trinajstić information content (AvgIpc) is 2.78. The van der Waals surface area contributed by atoms with Gasteiger partial charge in [0.2, 0.25) is 0 Å². The van der Waals surface area contributed by atoms with Crippen molar-refractivity contribution in [1.82, 2.24) is 9.78 Å². The molecule has 170 valence electrons. The summed E-state index contributed by atoms with van der Waals surface area (Å²) in [7, 11) is 0. The first-order valence-electron chi connectivity index (χ1n) is 12.2. The van der Waals surface area contributed by atoms with Gasteiger partial charge in [-0.25, -0.2) is 9.48 Å². The summed E-state index contributed by atoms with van der Waals surface area (Å²) >= 11 is 0. The molecule has 4 saturated carbocycles. The lowest BCUT2D eigenvalue weighted by Gasteiger charge is -2.55. The van der Waals surface area contributed by atoms with Crippen molar-refractivity contribution in [3.05, 3.63) is 40.3 Å². The minimum atomic E-state index is -0.622. The highest BCUT2D eigenvalue weighted by atomic mass is 16.5. The number of esters is 1. The third-order valence-electron chi connectivity index (χ3n) is 8.00. The summed E-state index contributed by atoms with van der Waals surface area (Å²) in [5, 5.41) is 5.30. The molecular formula is C26H32N2O4. The van der Waals surface area contributed by atoms with Crippen LogP contribution in [0.5, 0.6) is 0 Å². The monoisotopic (exact) mass is 436 g/mol. The Kier molecular flexibility index (Phi) is 5.64. The summed E-state index contributed by atoms with van der Waals surface area (Å²) in [5.74, 6) is 1.45. The summed E-state index contributed by atoms with van der Waals surface area (Å²) in [6, 6.07) is 7.00. The van der Waals surface area contributed by atoms with Crippen molar-refractivity contribution in [1.29, 1.82) is 0 Å². The first kappa shape index (κ1) is 21.4. The summed E-state index contributed by atoms with van der Waals surface area (Å²) in [4.78, 5) is 39.1. The molecule has 4 aliphatic rings. The Hall–Kier alpha value is -2.50. The number of aryl methyl sites for hydroxylation is 1. The highest BCUT2D eigenvalue weighted by molar-refractivity contribution is 6.02. The summed E-state index contributed by atoms with van der Waals surface area (Å²) in [6.07, 6.45) is 9.51. The van der Waals surface area contributed by atoms with E-state index >= 15 is 0 Å². The van der Waals surface area contributed by atoms with E-state index in [0.29, 0.717) is 35.1 Å². The van der Waals surface area contributed by atoms with Crippen LogP contribution in [0.1, 0.15) is 75.2 Å². The number of ether oxygens (including phenoxy) is 1. The Morgan fingerprint density at radius 1 is 1.03 bits per heavy atom. The van der Waals surface area contributed by atoms with Gasteiger partial charge in [0.25, 0.3) is 5.56 Å². The van der Waals surface area contributed by atoms with Gasteiger partial charge in [-0.2, -0.15) is 5.10 Å². The zero-order chi connectivity index (χ0) is 22.3. The fraction of sp³-hybridized carbons (Fsp3) is 0.615. The predicted molar refractivity (Wildman–Crippen MR) is 121 cm³/mol. The lowest BCUT2D eigenvalue weighted by Crippen LogP contribution is -2.51. The molecule has 0 atom stereocenters. The molecule has 32 heavy (non-hydrogen) atoms. The van der Waals surface area contributed by atoms with Crippen molar-refractivity contribution in [3.8, 4) is 0 Å². The van der Waals surface area contributed by atoms with Gasteiger partial charge in [-0.15, -0.1) is 0 Å². The number of nitrogens with zero attached hydrogens (tertiary/aromatic N) is 2. The van der Waals surface area contributed by atoms with Crippen molar-refractivity contribution in [2.24, 2.45) is 23.2 Å². The molecule has 6 nitrogen and oxygen atoms in total. The zero-order valence-electron chi connectivity index (χ0n) is 18.8. The highest BCUT2D eigenvalue weighted by Gasteiger charge is 2.54. The molecular weight excluding hydrogens is 404 g/mol. The van der Waals surface area contributed by atoms with E-state index in [1.807, 2.05) is 0 Å². The molecule has 6 heteroatoms. The van der Waals surface area contributed by atoms with Crippen molar-refractivity contribution >= 4 is 22.5 Å². The number of rotatable bonds is 8. The molecule has 1 aromatic carbocycles. The Bertz CT molecular complexity index is 1070. The van der Waals surface area contributed by atoms with Crippen LogP contribution in [0.2, 0.25) is 0 Å². The van der Waals surface area contributed by atoms with Crippen LogP contribution in [-0.4, -0.2) is 28.1 Å². The minimum absolute atomic E-state index is 0.0746. The molecule has 0 aliphatic heterocycles. The normalized spacial score (nSPS) is 28.2. The minimum Gasteiger partial charge on any atom is -0.453 e. The smallest absolute Gasteiger partial charge is 0.359 e. The maximum absolute atomic E-state index is 13.2. The van der Waals surface area contributed by atoms with Gasteiger partial charge in [0, 0.05) is 17.3 Å². The van der Waals surface area contributed by atoms with Gasteiger partial charge in [-0.3, -0.25) is 9.59 Å². The molecule has 4 bridgehead atoms. The molecule has 1 heterocycles. The summed E-state index contributed by atoms with van der Waals surface area (Å²) in [6.45, 7) is 2.36. The van der Waals surface area contributed by atoms with Gasteiger partial charge < -0.3 is 4.74 Å². The van der Waals surface area contributed by atoms with E-state index in [1.54, 1.807) is 24.3 Å². The molecule has 4 aliphatic carbocycles. The topological polar surface area (TPSA) is 78.3 Å². The predicted octanol–water partition coefficient (Wildman–Crippen LogP) is 4.53. The lowest BCUT2D eigenvalue weighted by molar-refractivity contribution is -0.147. The van der Waals surface area contributed by atoms with Crippen molar-refractivity contribution in [2.75, 3.05) is 6.61 Å². The Morgan fingerprint density at radius 3 is 2.28 bits per heavy atom. The van der Waals surface area contributed by atoms with Crippen LogP contribution in [0.3, 0.4) is 0 Å². The number of hydrogen-bond acceptors (Lipinski definition) is 5. The molecule has 1 aromatic heterocycles. The van der Waals surface area contributed by atoms with Crippen LogP contribution >= 0.6 is 0 Å². The van der Waals surface area contributed by atoms with E-state index in [4.69, 9.17) is 4.74 Å². The van der Waals surface area contributed by atoms with E-state index in [2.05, 4.69) is 12.0 Å². The third kappa shape index (κ3) is 3.78. The largest absolute Gasteiger partial charge is 0.453 e. The number of Topliss-reactive ketones (excluding diaryl/α,β-unsaturated/α-hetero) is 1. The van der Waals surface area contributed by atoms with Gasteiger partial charge in [0.05, 0.1) is 5.39 Å². The highest BCUT2D eigenvalue weighted by Crippen LogP contribution is 2.60. The van der Waals surface area contributed by atoms with Crippen molar-refractivity contribution in [2.45, 2.75) is 71.3 Å². The van der Waals surface area contributed by atoms with Gasteiger partial charge in [-0.05, 0) is 68.8 Å². The molecule has 0 radical (unpaired) electrons.